The van der Waals surface area contributed by atoms with Crippen molar-refractivity contribution in [3.05, 3.63) is 29.8 Å². The van der Waals surface area contributed by atoms with Crippen LogP contribution in [0.25, 0.3) is 0 Å². The highest BCUT2D eigenvalue weighted by atomic mass is 16.5. The van der Waals surface area contributed by atoms with Crippen molar-refractivity contribution in [2.45, 2.75) is 51.4 Å². The summed E-state index contributed by atoms with van der Waals surface area (Å²) in [6, 6.07) is 7.33. The van der Waals surface area contributed by atoms with E-state index >= 15 is 0 Å². The Hall–Kier alpha value is -2.08. The Morgan fingerprint density at radius 3 is 2.68 bits per heavy atom. The Bertz CT molecular complexity index is 631. The molecular weight excluding hydrogens is 318 g/mol. The van der Waals surface area contributed by atoms with Crippen LogP contribution in [0.5, 0.6) is 5.75 Å². The van der Waals surface area contributed by atoms with Gasteiger partial charge in [-0.05, 0) is 30.0 Å². The van der Waals surface area contributed by atoms with E-state index in [-0.39, 0.29) is 35.9 Å². The van der Waals surface area contributed by atoms with Gasteiger partial charge in [-0.25, -0.2) is 0 Å². The van der Waals surface area contributed by atoms with E-state index in [0.29, 0.717) is 19.5 Å². The minimum Gasteiger partial charge on any atom is -0.497 e. The van der Waals surface area contributed by atoms with Crippen LogP contribution in [0.2, 0.25) is 0 Å². The maximum atomic E-state index is 12.7. The molecule has 4 atom stereocenters. The van der Waals surface area contributed by atoms with Gasteiger partial charge in [0.1, 0.15) is 17.8 Å². The predicted octanol–water partition coefficient (Wildman–Crippen LogP) is 1.30. The third-order valence-corrected chi connectivity index (χ3v) is 5.42. The Labute approximate surface area is 148 Å². The summed E-state index contributed by atoms with van der Waals surface area (Å²) in [6.45, 7) is 5.36. The molecule has 2 aliphatic heterocycles. The molecule has 0 saturated carbocycles. The van der Waals surface area contributed by atoms with Gasteiger partial charge in [0, 0.05) is 19.1 Å². The monoisotopic (exact) mass is 345 g/mol. The van der Waals surface area contributed by atoms with E-state index in [2.05, 4.69) is 10.6 Å². The molecule has 0 aliphatic carbocycles. The van der Waals surface area contributed by atoms with Gasteiger partial charge in [-0.15, -0.1) is 0 Å². The molecule has 25 heavy (non-hydrogen) atoms. The molecule has 2 heterocycles. The van der Waals surface area contributed by atoms with Gasteiger partial charge in [0.15, 0.2) is 0 Å². The number of hydrogen-bond donors (Lipinski definition) is 2. The second-order valence-corrected chi connectivity index (χ2v) is 7.04. The molecule has 3 rings (SSSR count). The summed E-state index contributed by atoms with van der Waals surface area (Å²) in [7, 11) is 1.65. The van der Waals surface area contributed by atoms with Crippen LogP contribution in [-0.4, -0.2) is 48.5 Å². The zero-order chi connectivity index (χ0) is 18.0. The average molecular weight is 345 g/mol. The number of benzene rings is 1. The molecule has 6 nitrogen and oxygen atoms in total. The lowest BCUT2D eigenvalue weighted by molar-refractivity contribution is -0.148. The molecule has 2 fully saturated rings. The first-order valence-corrected chi connectivity index (χ1v) is 9.00. The molecule has 2 amide bonds. The van der Waals surface area contributed by atoms with Crippen molar-refractivity contribution in [1.82, 2.24) is 15.5 Å². The number of rotatable bonds is 6. The molecule has 0 unspecified atom stereocenters. The van der Waals surface area contributed by atoms with Crippen molar-refractivity contribution in [1.29, 1.82) is 0 Å². The van der Waals surface area contributed by atoms with E-state index in [1.807, 2.05) is 38.1 Å². The first-order chi connectivity index (χ1) is 12.0. The van der Waals surface area contributed by atoms with Gasteiger partial charge in [0.25, 0.3) is 0 Å². The highest BCUT2D eigenvalue weighted by Crippen LogP contribution is 2.26. The normalized spacial score (nSPS) is 27.0. The fourth-order valence-corrected chi connectivity index (χ4v) is 3.59. The number of methoxy groups -OCH3 is 1. The van der Waals surface area contributed by atoms with Crippen LogP contribution in [-0.2, 0) is 16.1 Å². The zero-order valence-electron chi connectivity index (χ0n) is 15.1. The molecule has 0 radical (unpaired) electrons. The minimum absolute atomic E-state index is 0.0151. The van der Waals surface area contributed by atoms with Crippen molar-refractivity contribution in [3.63, 3.8) is 0 Å². The fourth-order valence-electron chi connectivity index (χ4n) is 3.59. The lowest BCUT2D eigenvalue weighted by atomic mass is 9.95. The lowest BCUT2D eigenvalue weighted by Crippen LogP contribution is -2.62. The summed E-state index contributed by atoms with van der Waals surface area (Å²) < 4.78 is 5.16. The number of piperazine rings is 1. The molecule has 2 saturated heterocycles. The number of hydrogen-bond acceptors (Lipinski definition) is 4. The van der Waals surface area contributed by atoms with Crippen LogP contribution >= 0.6 is 0 Å². The number of fused-ring (bicyclic) bond motifs is 1. The van der Waals surface area contributed by atoms with Crippen molar-refractivity contribution in [2.24, 2.45) is 5.92 Å². The second kappa shape index (κ2) is 7.44. The minimum atomic E-state index is -0.380. The van der Waals surface area contributed by atoms with Gasteiger partial charge in [-0.2, -0.15) is 0 Å². The molecule has 2 aliphatic rings. The molecule has 2 N–H and O–H groups in total. The maximum absolute atomic E-state index is 12.7. The smallest absolute Gasteiger partial charge is 0.246 e. The van der Waals surface area contributed by atoms with Crippen LogP contribution in [0.1, 0.15) is 32.3 Å². The standard InChI is InChI=1S/C19H27N3O3/c1-4-12(2)17-19(24)22-11-14(9-16(22)18(23)21-17)20-10-13-5-7-15(25-3)8-6-13/h5-8,12,14,16-17,20H,4,9-11H2,1-3H3,(H,21,23)/t12-,14-,16-,17-/m0/s1. The lowest BCUT2D eigenvalue weighted by Gasteiger charge is -2.36. The van der Waals surface area contributed by atoms with Gasteiger partial charge in [0.05, 0.1) is 7.11 Å². The Morgan fingerprint density at radius 1 is 1.32 bits per heavy atom. The van der Waals surface area contributed by atoms with E-state index in [1.165, 1.54) is 0 Å². The highest BCUT2D eigenvalue weighted by molar-refractivity contribution is 5.97. The average Bonchev–Trinajstić information content (AvgIpc) is 3.08. The van der Waals surface area contributed by atoms with Gasteiger partial charge in [-0.1, -0.05) is 32.4 Å². The van der Waals surface area contributed by atoms with E-state index in [9.17, 15) is 9.59 Å². The molecular formula is C19H27N3O3. The summed E-state index contributed by atoms with van der Waals surface area (Å²) in [5, 5.41) is 6.40. The van der Waals surface area contributed by atoms with E-state index in [0.717, 1.165) is 17.7 Å². The highest BCUT2D eigenvalue weighted by Gasteiger charge is 2.47. The first kappa shape index (κ1) is 17.7. The molecule has 1 aromatic carbocycles. The Morgan fingerprint density at radius 2 is 2.04 bits per heavy atom. The van der Waals surface area contributed by atoms with E-state index in [1.54, 1.807) is 12.0 Å². The van der Waals surface area contributed by atoms with Gasteiger partial charge < -0.3 is 20.3 Å². The number of nitrogens with zero attached hydrogens (tertiary/aromatic N) is 1. The van der Waals surface area contributed by atoms with Crippen LogP contribution in [0.4, 0.5) is 0 Å². The summed E-state index contributed by atoms with van der Waals surface area (Å²) in [4.78, 5) is 26.9. The Balaban J connectivity index is 1.60. The van der Waals surface area contributed by atoms with Crippen LogP contribution < -0.4 is 15.4 Å². The Kier molecular flexibility index (Phi) is 5.27. The van der Waals surface area contributed by atoms with Crippen LogP contribution in [0.15, 0.2) is 24.3 Å². The molecule has 6 heteroatoms. The van der Waals surface area contributed by atoms with Crippen LogP contribution in [0, 0.1) is 5.92 Å². The quantitative estimate of drug-likeness (QED) is 0.815. The maximum Gasteiger partial charge on any atom is 0.246 e. The molecule has 136 valence electrons. The van der Waals surface area contributed by atoms with E-state index < -0.39 is 0 Å². The first-order valence-electron chi connectivity index (χ1n) is 9.00. The van der Waals surface area contributed by atoms with Gasteiger partial charge >= 0.3 is 0 Å². The second-order valence-electron chi connectivity index (χ2n) is 7.04. The number of carbonyl (C=O) groups is 2. The van der Waals surface area contributed by atoms with Crippen molar-refractivity contribution in [3.8, 4) is 5.75 Å². The van der Waals surface area contributed by atoms with E-state index in [4.69, 9.17) is 4.74 Å². The summed E-state index contributed by atoms with van der Waals surface area (Å²) >= 11 is 0. The molecule has 0 spiro atoms. The topological polar surface area (TPSA) is 70.7 Å². The molecule has 1 aromatic rings. The fraction of sp³-hybridized carbons (Fsp3) is 0.579. The van der Waals surface area contributed by atoms with Gasteiger partial charge in [-0.3, -0.25) is 9.59 Å². The largest absolute Gasteiger partial charge is 0.497 e. The summed E-state index contributed by atoms with van der Waals surface area (Å²) in [6.07, 6.45) is 1.54. The zero-order valence-corrected chi connectivity index (χ0v) is 15.1. The number of ether oxygens (including phenoxy) is 1. The molecule has 0 bridgehead atoms. The third-order valence-electron chi connectivity index (χ3n) is 5.42. The summed E-state index contributed by atoms with van der Waals surface area (Å²) in [5.41, 5.74) is 1.15. The van der Waals surface area contributed by atoms with Crippen molar-refractivity contribution >= 4 is 11.8 Å². The summed E-state index contributed by atoms with van der Waals surface area (Å²) in [5.74, 6) is 1.04. The molecule has 0 aromatic heterocycles. The number of nitrogens with one attached hydrogen (secondary N) is 2. The van der Waals surface area contributed by atoms with Crippen molar-refractivity contribution < 1.29 is 14.3 Å². The predicted molar refractivity (Wildman–Crippen MR) is 95.1 cm³/mol. The van der Waals surface area contributed by atoms with Crippen LogP contribution in [0.3, 0.4) is 0 Å². The SMILES string of the molecule is CC[C@H](C)[C@@H]1NC(=O)[C@@H]2C[C@H](NCc3ccc(OC)cc3)CN2C1=O. The van der Waals surface area contributed by atoms with Crippen molar-refractivity contribution in [2.75, 3.05) is 13.7 Å². The third kappa shape index (κ3) is 3.63. The number of amides is 2. The van der Waals surface area contributed by atoms with Gasteiger partial charge in [0.2, 0.25) is 11.8 Å². The number of carbonyl (C=O) groups excluding carboxylic acids is 2.